The van der Waals surface area contributed by atoms with Gasteiger partial charge in [-0.25, -0.2) is 14.8 Å². The fourth-order valence-corrected chi connectivity index (χ4v) is 3.76. The van der Waals surface area contributed by atoms with Crippen molar-refractivity contribution in [2.75, 3.05) is 25.5 Å². The average molecular weight is 465 g/mol. The molecule has 1 fully saturated rings. The number of rotatable bonds is 5. The van der Waals surface area contributed by atoms with Gasteiger partial charge in [0.05, 0.1) is 24.0 Å². The highest BCUT2D eigenvalue weighted by atomic mass is 35.5. The van der Waals surface area contributed by atoms with E-state index in [-0.39, 0.29) is 11.9 Å². The van der Waals surface area contributed by atoms with Crippen molar-refractivity contribution in [1.29, 1.82) is 0 Å². The molecule has 8 heteroatoms. The molecule has 3 heterocycles. The molecule has 4 rings (SSSR count). The molecule has 0 bridgehead atoms. The molecule has 2 aromatic heterocycles. The third kappa shape index (κ3) is 6.02. The molecule has 1 aromatic carbocycles. The smallest absolute Gasteiger partial charge is 0.321 e. The van der Waals surface area contributed by atoms with Crippen molar-refractivity contribution in [2.24, 2.45) is 5.92 Å². The third-order valence-corrected chi connectivity index (χ3v) is 5.64. The van der Waals surface area contributed by atoms with E-state index in [1.54, 1.807) is 43.8 Å². The number of anilines is 1. The first kappa shape index (κ1) is 22.6. The minimum Gasteiger partial charge on any atom is -0.481 e. The number of hydrogen-bond acceptors (Lipinski definition) is 5. The number of ether oxygens (including phenoxy) is 2. The maximum Gasteiger partial charge on any atom is 0.321 e. The summed E-state index contributed by atoms with van der Waals surface area (Å²) in [6, 6.07) is 14.7. The van der Waals surface area contributed by atoms with Gasteiger partial charge in [-0.15, -0.1) is 0 Å². The van der Waals surface area contributed by atoms with Crippen LogP contribution >= 0.6 is 11.6 Å². The minimum absolute atomic E-state index is 0.126. The summed E-state index contributed by atoms with van der Waals surface area (Å²) in [5.74, 6) is 1.94. The molecule has 7 nitrogen and oxygen atoms in total. The average Bonchev–Trinajstić information content (AvgIpc) is 2.82. The number of carbonyl (C=O) groups is 1. The van der Waals surface area contributed by atoms with Gasteiger partial charge in [0.15, 0.2) is 0 Å². The van der Waals surface area contributed by atoms with Gasteiger partial charge < -0.3 is 19.7 Å². The predicted molar refractivity (Wildman–Crippen MR) is 129 cm³/mol. The fraction of sp³-hybridized carbons (Fsp3) is 0.240. The van der Waals surface area contributed by atoms with Crippen LogP contribution in [0, 0.1) is 5.92 Å². The number of piperidine rings is 1. The lowest BCUT2D eigenvalue weighted by molar-refractivity contribution is 0.198. The maximum atomic E-state index is 12.7. The molecule has 1 unspecified atom stereocenters. The summed E-state index contributed by atoms with van der Waals surface area (Å²) in [7, 11) is 1.56. The van der Waals surface area contributed by atoms with Crippen LogP contribution in [-0.4, -0.2) is 41.1 Å². The van der Waals surface area contributed by atoms with Crippen molar-refractivity contribution in [3.8, 4) is 17.5 Å². The molecular formula is C25H25ClN4O3. The molecular weight excluding hydrogens is 440 g/mol. The minimum atomic E-state index is -0.126. The summed E-state index contributed by atoms with van der Waals surface area (Å²) in [4.78, 5) is 22.8. The van der Waals surface area contributed by atoms with Crippen molar-refractivity contribution >= 4 is 29.4 Å². The molecule has 0 spiro atoms. The van der Waals surface area contributed by atoms with Crippen LogP contribution < -0.4 is 14.8 Å². The van der Waals surface area contributed by atoms with Crippen molar-refractivity contribution in [2.45, 2.75) is 13.3 Å². The van der Waals surface area contributed by atoms with Gasteiger partial charge in [0, 0.05) is 31.4 Å². The molecule has 3 aromatic rings. The molecule has 1 aliphatic rings. The molecule has 0 saturated carbocycles. The Morgan fingerprint density at radius 2 is 1.97 bits per heavy atom. The summed E-state index contributed by atoms with van der Waals surface area (Å²) in [6.07, 6.45) is 6.12. The largest absolute Gasteiger partial charge is 0.481 e. The first-order valence-electron chi connectivity index (χ1n) is 10.7. The fourth-order valence-electron chi connectivity index (χ4n) is 3.65. The molecule has 2 amide bonds. The quantitative estimate of drug-likeness (QED) is 0.509. The topological polar surface area (TPSA) is 76.6 Å². The number of halogens is 1. The Morgan fingerprint density at radius 1 is 1.15 bits per heavy atom. The zero-order valence-electron chi connectivity index (χ0n) is 18.5. The first-order valence-corrected chi connectivity index (χ1v) is 11.0. The van der Waals surface area contributed by atoms with E-state index in [1.807, 2.05) is 29.2 Å². The maximum absolute atomic E-state index is 12.7. The summed E-state index contributed by atoms with van der Waals surface area (Å²) < 4.78 is 10.9. The van der Waals surface area contributed by atoms with Gasteiger partial charge in [-0.2, -0.15) is 0 Å². The van der Waals surface area contributed by atoms with Gasteiger partial charge in [0.2, 0.25) is 11.8 Å². The summed E-state index contributed by atoms with van der Waals surface area (Å²) in [5.41, 5.74) is 2.99. The lowest BCUT2D eigenvalue weighted by atomic mass is 9.91. The zero-order chi connectivity index (χ0) is 23.2. The van der Waals surface area contributed by atoms with Gasteiger partial charge in [-0.3, -0.25) is 0 Å². The zero-order valence-corrected chi connectivity index (χ0v) is 19.2. The van der Waals surface area contributed by atoms with Crippen LogP contribution in [-0.2, 0) is 0 Å². The number of benzene rings is 1. The van der Waals surface area contributed by atoms with Gasteiger partial charge in [0.25, 0.3) is 0 Å². The van der Waals surface area contributed by atoms with Crippen LogP contribution in [0.3, 0.4) is 0 Å². The highest BCUT2D eigenvalue weighted by Gasteiger charge is 2.24. The number of nitrogens with one attached hydrogen (secondary N) is 1. The number of urea groups is 1. The SMILES string of the molecule is COc1ccc(NC(=O)N2CCC(=Cc3cccc(Oc4ccc(Cl)cn4)c3)C(C)C2)cn1. The molecule has 33 heavy (non-hydrogen) atoms. The number of carbonyl (C=O) groups excluding carboxylic acids is 1. The summed E-state index contributed by atoms with van der Waals surface area (Å²) >= 11 is 5.88. The van der Waals surface area contributed by atoms with Crippen LogP contribution in [0.2, 0.25) is 5.02 Å². The molecule has 0 radical (unpaired) electrons. The van der Waals surface area contributed by atoms with E-state index in [9.17, 15) is 4.79 Å². The standard InChI is InChI=1S/C25H25ClN4O3/c1-17-16-30(25(31)29-21-7-9-23(32-2)28-15-21)11-10-19(17)12-18-4-3-5-22(13-18)33-24-8-6-20(26)14-27-24/h3-9,12-15,17H,10-11,16H2,1-2H3,(H,29,31). The number of hydrogen-bond donors (Lipinski definition) is 1. The highest BCUT2D eigenvalue weighted by molar-refractivity contribution is 6.30. The van der Waals surface area contributed by atoms with E-state index in [2.05, 4.69) is 28.3 Å². The van der Waals surface area contributed by atoms with Gasteiger partial charge in [-0.05, 0) is 42.2 Å². The van der Waals surface area contributed by atoms with Crippen molar-refractivity contribution in [3.63, 3.8) is 0 Å². The predicted octanol–water partition coefficient (Wildman–Crippen LogP) is 5.89. The summed E-state index contributed by atoms with van der Waals surface area (Å²) in [5, 5.41) is 3.47. The Bertz CT molecular complexity index is 1130. The molecule has 1 saturated heterocycles. The molecule has 1 N–H and O–H groups in total. The Balaban J connectivity index is 1.37. The number of methoxy groups -OCH3 is 1. The van der Waals surface area contributed by atoms with Gasteiger partial charge in [-0.1, -0.05) is 42.3 Å². The Hall–Kier alpha value is -3.58. The van der Waals surface area contributed by atoms with E-state index in [1.165, 1.54) is 5.57 Å². The normalized spacial score (nSPS) is 17.0. The van der Waals surface area contributed by atoms with Crippen LogP contribution in [0.1, 0.15) is 18.9 Å². The summed E-state index contributed by atoms with van der Waals surface area (Å²) in [6.45, 7) is 3.43. The van der Waals surface area contributed by atoms with E-state index in [0.717, 1.165) is 12.0 Å². The van der Waals surface area contributed by atoms with E-state index in [0.29, 0.717) is 41.3 Å². The first-order chi connectivity index (χ1) is 16.0. The molecule has 0 aliphatic carbocycles. The number of amides is 2. The molecule has 170 valence electrons. The molecule has 1 atom stereocenters. The number of pyridine rings is 2. The van der Waals surface area contributed by atoms with Crippen molar-refractivity contribution in [1.82, 2.24) is 14.9 Å². The number of nitrogens with zero attached hydrogens (tertiary/aromatic N) is 3. The Labute approximate surface area is 198 Å². The van der Waals surface area contributed by atoms with E-state index in [4.69, 9.17) is 21.1 Å². The lowest BCUT2D eigenvalue weighted by Gasteiger charge is -2.33. The van der Waals surface area contributed by atoms with E-state index < -0.39 is 0 Å². The Kier molecular flexibility index (Phi) is 7.10. The van der Waals surface area contributed by atoms with Crippen LogP contribution in [0.4, 0.5) is 10.5 Å². The second-order valence-corrected chi connectivity index (χ2v) is 8.26. The van der Waals surface area contributed by atoms with Crippen LogP contribution in [0.15, 0.2) is 66.5 Å². The van der Waals surface area contributed by atoms with Crippen molar-refractivity contribution in [3.05, 3.63) is 77.1 Å². The van der Waals surface area contributed by atoms with E-state index >= 15 is 0 Å². The lowest BCUT2D eigenvalue weighted by Crippen LogP contribution is -2.42. The van der Waals surface area contributed by atoms with Gasteiger partial charge in [0.1, 0.15) is 5.75 Å². The number of aromatic nitrogens is 2. The Morgan fingerprint density at radius 3 is 2.67 bits per heavy atom. The second kappa shape index (κ2) is 10.4. The van der Waals surface area contributed by atoms with Crippen LogP contribution in [0.5, 0.6) is 17.5 Å². The number of likely N-dealkylation sites (tertiary alicyclic amines) is 1. The third-order valence-electron chi connectivity index (χ3n) is 5.41. The second-order valence-electron chi connectivity index (χ2n) is 7.82. The van der Waals surface area contributed by atoms with Crippen molar-refractivity contribution < 1.29 is 14.3 Å². The molecule has 1 aliphatic heterocycles. The van der Waals surface area contributed by atoms with Gasteiger partial charge >= 0.3 is 6.03 Å². The van der Waals surface area contributed by atoms with Crippen LogP contribution in [0.25, 0.3) is 6.08 Å². The highest BCUT2D eigenvalue weighted by Crippen LogP contribution is 2.28. The monoisotopic (exact) mass is 464 g/mol.